The normalized spacial score (nSPS) is 10.2. The lowest BCUT2D eigenvalue weighted by Crippen LogP contribution is -2.03. The summed E-state index contributed by atoms with van der Waals surface area (Å²) in [6.07, 6.45) is 2.54. The van der Waals surface area contributed by atoms with Crippen LogP contribution < -0.4 is 5.32 Å². The van der Waals surface area contributed by atoms with Crippen molar-refractivity contribution in [3.8, 4) is 0 Å². The van der Waals surface area contributed by atoms with Gasteiger partial charge in [0.2, 0.25) is 0 Å². The number of rotatable bonds is 4. The molecule has 17 heavy (non-hydrogen) atoms. The lowest BCUT2D eigenvalue weighted by Gasteiger charge is -2.05. The van der Waals surface area contributed by atoms with Gasteiger partial charge in [-0.2, -0.15) is 0 Å². The first kappa shape index (κ1) is 12.0. The van der Waals surface area contributed by atoms with Crippen molar-refractivity contribution in [1.82, 2.24) is 9.97 Å². The van der Waals surface area contributed by atoms with Crippen molar-refractivity contribution >= 4 is 21.7 Å². The van der Waals surface area contributed by atoms with Crippen LogP contribution in [-0.2, 0) is 6.42 Å². The van der Waals surface area contributed by atoms with Gasteiger partial charge in [0.05, 0.1) is 0 Å². The molecule has 4 heteroatoms. The van der Waals surface area contributed by atoms with Gasteiger partial charge >= 0.3 is 0 Å². The van der Waals surface area contributed by atoms with E-state index in [0.29, 0.717) is 0 Å². The van der Waals surface area contributed by atoms with Crippen molar-refractivity contribution in [3.63, 3.8) is 0 Å². The van der Waals surface area contributed by atoms with Crippen LogP contribution in [0.25, 0.3) is 0 Å². The van der Waals surface area contributed by atoms with Crippen LogP contribution in [-0.4, -0.2) is 16.5 Å². The van der Waals surface area contributed by atoms with Gasteiger partial charge in [-0.15, -0.1) is 0 Å². The Morgan fingerprint density at radius 1 is 1.29 bits per heavy atom. The molecule has 0 bridgehead atoms. The molecule has 88 valence electrons. The molecule has 1 N–H and O–H groups in total. The maximum absolute atomic E-state index is 4.45. The first-order chi connectivity index (χ1) is 8.28. The van der Waals surface area contributed by atoms with E-state index in [1.807, 2.05) is 18.2 Å². The van der Waals surface area contributed by atoms with Gasteiger partial charge in [-0.25, -0.2) is 9.97 Å². The third kappa shape index (κ3) is 3.53. The zero-order chi connectivity index (χ0) is 12.1. The molecule has 3 nitrogen and oxygen atoms in total. The number of hydrogen-bond acceptors (Lipinski definition) is 3. The smallest absolute Gasteiger partial charge is 0.135 e. The first-order valence-electron chi connectivity index (χ1n) is 5.58. The van der Waals surface area contributed by atoms with E-state index in [-0.39, 0.29) is 0 Å². The van der Waals surface area contributed by atoms with E-state index in [1.165, 1.54) is 5.56 Å². The van der Waals surface area contributed by atoms with Gasteiger partial charge in [0.1, 0.15) is 11.6 Å². The zero-order valence-electron chi connectivity index (χ0n) is 9.65. The van der Waals surface area contributed by atoms with E-state index in [9.17, 15) is 0 Å². The monoisotopic (exact) mass is 291 g/mol. The van der Waals surface area contributed by atoms with Crippen LogP contribution in [0.3, 0.4) is 0 Å². The topological polar surface area (TPSA) is 37.8 Å². The van der Waals surface area contributed by atoms with Crippen LogP contribution in [0.5, 0.6) is 0 Å². The predicted octanol–water partition coefficient (Wildman–Crippen LogP) is 3.26. The van der Waals surface area contributed by atoms with Crippen LogP contribution in [0.1, 0.15) is 18.3 Å². The van der Waals surface area contributed by atoms with Crippen molar-refractivity contribution in [2.24, 2.45) is 0 Å². The molecule has 0 aliphatic heterocycles. The number of aromatic nitrogens is 2. The van der Waals surface area contributed by atoms with E-state index in [4.69, 9.17) is 0 Å². The summed E-state index contributed by atoms with van der Waals surface area (Å²) < 4.78 is 1.08. The SMILES string of the molecule is CCNc1ccnc(Cc2cccc(Br)c2)n1. The second kappa shape index (κ2) is 5.77. The van der Waals surface area contributed by atoms with Crippen LogP contribution in [0, 0.1) is 0 Å². The molecule has 0 amide bonds. The number of nitrogens with one attached hydrogen (secondary N) is 1. The van der Waals surface area contributed by atoms with E-state index in [1.54, 1.807) is 6.20 Å². The Morgan fingerprint density at radius 3 is 2.94 bits per heavy atom. The van der Waals surface area contributed by atoms with E-state index >= 15 is 0 Å². The Labute approximate surface area is 109 Å². The average molecular weight is 292 g/mol. The molecule has 2 rings (SSSR count). The number of halogens is 1. The third-order valence-corrected chi connectivity index (χ3v) is 2.81. The fraction of sp³-hybridized carbons (Fsp3) is 0.231. The van der Waals surface area contributed by atoms with Crippen molar-refractivity contribution in [2.75, 3.05) is 11.9 Å². The molecular weight excluding hydrogens is 278 g/mol. The summed E-state index contributed by atoms with van der Waals surface area (Å²) in [5.41, 5.74) is 1.20. The van der Waals surface area contributed by atoms with Gasteiger partial charge in [0.15, 0.2) is 0 Å². The lowest BCUT2D eigenvalue weighted by atomic mass is 10.1. The van der Waals surface area contributed by atoms with Crippen LogP contribution in [0.15, 0.2) is 41.0 Å². The summed E-state index contributed by atoms with van der Waals surface area (Å²) in [5, 5.41) is 3.18. The highest BCUT2D eigenvalue weighted by atomic mass is 79.9. The summed E-state index contributed by atoms with van der Waals surface area (Å²) in [5.74, 6) is 1.72. The summed E-state index contributed by atoms with van der Waals surface area (Å²) in [7, 11) is 0. The molecule has 1 aromatic carbocycles. The fourth-order valence-corrected chi connectivity index (χ4v) is 2.04. The summed E-state index contributed by atoms with van der Waals surface area (Å²) in [6.45, 7) is 2.92. The molecular formula is C13H14BrN3. The molecule has 0 aliphatic carbocycles. The highest BCUT2D eigenvalue weighted by Gasteiger charge is 2.01. The standard InChI is InChI=1S/C13H14BrN3/c1-2-15-12-6-7-16-13(17-12)9-10-4-3-5-11(14)8-10/h3-8H,2,9H2,1H3,(H,15,16,17). The maximum Gasteiger partial charge on any atom is 0.135 e. The maximum atomic E-state index is 4.45. The van der Waals surface area contributed by atoms with Crippen molar-refractivity contribution in [2.45, 2.75) is 13.3 Å². The first-order valence-corrected chi connectivity index (χ1v) is 6.37. The largest absolute Gasteiger partial charge is 0.370 e. The summed E-state index contributed by atoms with van der Waals surface area (Å²) in [6, 6.07) is 10.1. The number of hydrogen-bond donors (Lipinski definition) is 1. The molecule has 1 heterocycles. The quantitative estimate of drug-likeness (QED) is 0.940. The van der Waals surface area contributed by atoms with Gasteiger partial charge in [-0.05, 0) is 30.7 Å². The molecule has 0 saturated carbocycles. The molecule has 0 fully saturated rings. The van der Waals surface area contributed by atoms with Gasteiger partial charge in [0, 0.05) is 23.6 Å². The molecule has 0 aliphatic rings. The highest BCUT2D eigenvalue weighted by molar-refractivity contribution is 9.10. The van der Waals surface area contributed by atoms with Crippen LogP contribution >= 0.6 is 15.9 Å². The Hall–Kier alpha value is -1.42. The Bertz CT molecular complexity index is 500. The second-order valence-electron chi connectivity index (χ2n) is 3.70. The highest BCUT2D eigenvalue weighted by Crippen LogP contribution is 2.14. The minimum Gasteiger partial charge on any atom is -0.370 e. The van der Waals surface area contributed by atoms with E-state index in [2.05, 4.69) is 50.3 Å². The van der Waals surface area contributed by atoms with Gasteiger partial charge in [0.25, 0.3) is 0 Å². The van der Waals surface area contributed by atoms with Crippen molar-refractivity contribution in [1.29, 1.82) is 0 Å². The molecule has 0 spiro atoms. The second-order valence-corrected chi connectivity index (χ2v) is 4.61. The molecule has 1 aromatic heterocycles. The van der Waals surface area contributed by atoms with E-state index in [0.717, 1.165) is 29.1 Å². The minimum absolute atomic E-state index is 0.749. The van der Waals surface area contributed by atoms with Crippen molar-refractivity contribution < 1.29 is 0 Å². The molecule has 0 unspecified atom stereocenters. The number of benzene rings is 1. The zero-order valence-corrected chi connectivity index (χ0v) is 11.2. The molecule has 0 saturated heterocycles. The van der Waals surface area contributed by atoms with Gasteiger partial charge < -0.3 is 5.32 Å². The van der Waals surface area contributed by atoms with Gasteiger partial charge in [-0.1, -0.05) is 28.1 Å². The van der Waals surface area contributed by atoms with Crippen LogP contribution in [0.4, 0.5) is 5.82 Å². The molecule has 0 atom stereocenters. The number of nitrogens with zero attached hydrogens (tertiary/aromatic N) is 2. The molecule has 0 radical (unpaired) electrons. The van der Waals surface area contributed by atoms with Crippen molar-refractivity contribution in [3.05, 3.63) is 52.4 Å². The predicted molar refractivity (Wildman–Crippen MR) is 73.1 cm³/mol. The summed E-state index contributed by atoms with van der Waals surface area (Å²) >= 11 is 3.46. The average Bonchev–Trinajstić information content (AvgIpc) is 2.30. The van der Waals surface area contributed by atoms with Gasteiger partial charge in [-0.3, -0.25) is 0 Å². The Kier molecular flexibility index (Phi) is 4.09. The number of anilines is 1. The lowest BCUT2D eigenvalue weighted by molar-refractivity contribution is 0.961. The third-order valence-electron chi connectivity index (χ3n) is 2.31. The molecule has 2 aromatic rings. The Morgan fingerprint density at radius 2 is 2.18 bits per heavy atom. The van der Waals surface area contributed by atoms with Crippen LogP contribution in [0.2, 0.25) is 0 Å². The fourth-order valence-electron chi connectivity index (χ4n) is 1.59. The Balaban J connectivity index is 2.15. The van der Waals surface area contributed by atoms with E-state index < -0.39 is 0 Å². The summed E-state index contributed by atoms with van der Waals surface area (Å²) in [4.78, 5) is 8.73. The minimum atomic E-state index is 0.749.